The number of halogens is 1. The van der Waals surface area contributed by atoms with E-state index in [1.807, 2.05) is 12.1 Å². The predicted molar refractivity (Wildman–Crippen MR) is 82.1 cm³/mol. The molecule has 3 heterocycles. The molecule has 0 aliphatic carbocycles. The molecule has 114 valence electrons. The van der Waals surface area contributed by atoms with Crippen LogP contribution in [0.4, 0.5) is 0 Å². The fourth-order valence-electron chi connectivity index (χ4n) is 3.76. The molecule has 0 radical (unpaired) electrons. The number of rotatable bonds is 1. The molecule has 1 N–H and O–H groups in total. The first kappa shape index (κ1) is 13.8. The molecule has 0 saturated heterocycles. The first-order valence-electron chi connectivity index (χ1n) is 7.29. The summed E-state index contributed by atoms with van der Waals surface area (Å²) in [5.41, 5.74) is 2.88. The van der Waals surface area contributed by atoms with Gasteiger partial charge in [0.25, 0.3) is 0 Å². The average Bonchev–Trinajstić information content (AvgIpc) is 2.85. The minimum atomic E-state index is -0.469. The van der Waals surface area contributed by atoms with E-state index in [0.717, 1.165) is 35.1 Å². The first-order valence-corrected chi connectivity index (χ1v) is 7.66. The number of methoxy groups -OCH3 is 1. The van der Waals surface area contributed by atoms with Crippen molar-refractivity contribution in [2.45, 2.75) is 18.9 Å². The van der Waals surface area contributed by atoms with Crippen molar-refractivity contribution in [3.63, 3.8) is 0 Å². The fourth-order valence-corrected chi connectivity index (χ4v) is 3.93. The Bertz CT molecular complexity index is 811. The number of ether oxygens (including phenoxy) is 1. The minimum absolute atomic E-state index is 0.0658. The summed E-state index contributed by atoms with van der Waals surface area (Å²) in [4.78, 5) is 24.7. The predicted octanol–water partition coefficient (Wildman–Crippen LogP) is 2.31. The van der Waals surface area contributed by atoms with Crippen LogP contribution >= 0.6 is 11.6 Å². The van der Waals surface area contributed by atoms with Crippen LogP contribution in [-0.4, -0.2) is 30.1 Å². The average molecular weight is 319 g/mol. The number of aromatic nitrogens is 1. The third-order valence-corrected chi connectivity index (χ3v) is 4.89. The molecule has 1 aromatic carbocycles. The second-order valence-electron chi connectivity index (χ2n) is 5.77. The van der Waals surface area contributed by atoms with E-state index in [4.69, 9.17) is 16.3 Å². The van der Waals surface area contributed by atoms with Crippen molar-refractivity contribution in [2.24, 2.45) is 5.92 Å². The van der Waals surface area contributed by atoms with Crippen molar-refractivity contribution in [1.82, 2.24) is 9.88 Å². The summed E-state index contributed by atoms with van der Waals surface area (Å²) in [6.07, 6.45) is 0.972. The minimum Gasteiger partial charge on any atom is -0.469 e. The number of nitrogens with zero attached hydrogens (tertiary/aromatic N) is 1. The Morgan fingerprint density at radius 2 is 2.27 bits per heavy atom. The molecule has 1 aromatic heterocycles. The largest absolute Gasteiger partial charge is 0.469 e. The molecule has 2 aromatic rings. The lowest BCUT2D eigenvalue weighted by Gasteiger charge is -2.34. The maximum atomic E-state index is 12.6. The van der Waals surface area contributed by atoms with Crippen LogP contribution < -0.4 is 5.32 Å². The van der Waals surface area contributed by atoms with Crippen LogP contribution in [0.15, 0.2) is 18.2 Å². The third kappa shape index (κ3) is 1.76. The maximum Gasteiger partial charge on any atom is 0.311 e. The highest BCUT2D eigenvalue weighted by atomic mass is 35.5. The molecule has 22 heavy (non-hydrogen) atoms. The Morgan fingerprint density at radius 1 is 1.45 bits per heavy atom. The van der Waals surface area contributed by atoms with Gasteiger partial charge in [-0.25, -0.2) is 0 Å². The van der Waals surface area contributed by atoms with Gasteiger partial charge in [0.2, 0.25) is 5.91 Å². The van der Waals surface area contributed by atoms with Crippen molar-refractivity contribution in [3.05, 3.63) is 34.5 Å². The third-order valence-electron chi connectivity index (χ3n) is 4.66. The molecule has 5 nitrogen and oxygen atoms in total. The van der Waals surface area contributed by atoms with E-state index in [2.05, 4.69) is 5.32 Å². The Labute approximate surface area is 132 Å². The highest BCUT2D eigenvalue weighted by Crippen LogP contribution is 2.42. The lowest BCUT2D eigenvalue weighted by Crippen LogP contribution is -2.44. The Kier molecular flexibility index (Phi) is 3.03. The Hall–Kier alpha value is -1.85. The van der Waals surface area contributed by atoms with Crippen molar-refractivity contribution in [1.29, 1.82) is 0 Å². The molecule has 4 rings (SSSR count). The number of hydrogen-bond acceptors (Lipinski definition) is 4. The number of hydrogen-bond donors (Lipinski definition) is 1. The van der Waals surface area contributed by atoms with E-state index in [0.29, 0.717) is 5.02 Å². The van der Waals surface area contributed by atoms with Crippen LogP contribution in [0.5, 0.6) is 0 Å². The molecule has 0 spiro atoms. The summed E-state index contributed by atoms with van der Waals surface area (Å²) in [6.45, 7) is 0.769. The highest BCUT2D eigenvalue weighted by molar-refractivity contribution is 6.31. The summed E-state index contributed by atoms with van der Waals surface area (Å²) in [6, 6.07) is 5.39. The summed E-state index contributed by atoms with van der Waals surface area (Å²) in [5, 5.41) is 5.03. The zero-order chi connectivity index (χ0) is 15.4. The van der Waals surface area contributed by atoms with Gasteiger partial charge in [0.05, 0.1) is 24.6 Å². The Balaban J connectivity index is 2.00. The standard InChI is InChI=1S/C16H15ClN2O3/c1-22-16(21)11-7-13(20)19-12-3-2-8(17)6-10(12)9-4-5-18-14(11)15(9)19/h2-3,6,11,14,18H,4-5,7H2,1H3/t11-,14+/m0/s1. The molecule has 6 heteroatoms. The van der Waals surface area contributed by atoms with E-state index in [-0.39, 0.29) is 24.3 Å². The van der Waals surface area contributed by atoms with E-state index in [1.165, 1.54) is 7.11 Å². The number of nitrogens with one attached hydrogen (secondary N) is 1. The van der Waals surface area contributed by atoms with Gasteiger partial charge in [-0.2, -0.15) is 0 Å². The fraction of sp³-hybridized carbons (Fsp3) is 0.375. The van der Waals surface area contributed by atoms with Gasteiger partial charge in [-0.1, -0.05) is 11.6 Å². The molecule has 2 aliphatic rings. The second kappa shape index (κ2) is 4.83. The number of esters is 1. The van der Waals surface area contributed by atoms with E-state index < -0.39 is 5.92 Å². The molecule has 0 fully saturated rings. The van der Waals surface area contributed by atoms with Crippen molar-refractivity contribution in [3.8, 4) is 0 Å². The number of carbonyl (C=O) groups excluding carboxylic acids is 2. The molecule has 2 aliphatic heterocycles. The molecule has 0 bridgehead atoms. The number of benzene rings is 1. The number of carbonyl (C=O) groups is 2. The van der Waals surface area contributed by atoms with Gasteiger partial charge in [-0.05, 0) is 36.7 Å². The van der Waals surface area contributed by atoms with Gasteiger partial charge in [0.1, 0.15) is 0 Å². The SMILES string of the molecule is COC(=O)[C@H]1CC(=O)n2c3c(c4cc(Cl)ccc42)CCN[C@@H]31. The molecule has 0 saturated carbocycles. The van der Waals surface area contributed by atoms with Crippen LogP contribution in [0.3, 0.4) is 0 Å². The maximum absolute atomic E-state index is 12.6. The van der Waals surface area contributed by atoms with Gasteiger partial charge in [0, 0.05) is 22.5 Å². The summed E-state index contributed by atoms with van der Waals surface area (Å²) in [7, 11) is 1.36. The zero-order valence-electron chi connectivity index (χ0n) is 12.1. The zero-order valence-corrected chi connectivity index (χ0v) is 12.8. The van der Waals surface area contributed by atoms with Gasteiger partial charge < -0.3 is 10.1 Å². The monoisotopic (exact) mass is 318 g/mol. The highest BCUT2D eigenvalue weighted by Gasteiger charge is 2.43. The lowest BCUT2D eigenvalue weighted by atomic mass is 9.85. The summed E-state index contributed by atoms with van der Waals surface area (Å²) in [5.74, 6) is -0.874. The first-order chi connectivity index (χ1) is 10.6. The van der Waals surface area contributed by atoms with Gasteiger partial charge in [0.15, 0.2) is 0 Å². The van der Waals surface area contributed by atoms with Gasteiger partial charge >= 0.3 is 5.97 Å². The van der Waals surface area contributed by atoms with Crippen LogP contribution in [0.2, 0.25) is 5.02 Å². The van der Waals surface area contributed by atoms with E-state index >= 15 is 0 Å². The summed E-state index contributed by atoms with van der Waals surface area (Å²) < 4.78 is 6.63. The van der Waals surface area contributed by atoms with Crippen molar-refractivity contribution < 1.29 is 14.3 Å². The van der Waals surface area contributed by atoms with E-state index in [1.54, 1.807) is 10.6 Å². The smallest absolute Gasteiger partial charge is 0.311 e. The second-order valence-corrected chi connectivity index (χ2v) is 6.21. The molecular formula is C16H15ClN2O3. The van der Waals surface area contributed by atoms with Gasteiger partial charge in [-0.15, -0.1) is 0 Å². The van der Waals surface area contributed by atoms with Crippen LogP contribution in [0.1, 0.15) is 28.5 Å². The quantitative estimate of drug-likeness (QED) is 0.820. The van der Waals surface area contributed by atoms with Crippen LogP contribution in [0, 0.1) is 5.92 Å². The van der Waals surface area contributed by atoms with Crippen LogP contribution in [-0.2, 0) is 16.0 Å². The normalized spacial score (nSPS) is 23.5. The van der Waals surface area contributed by atoms with E-state index in [9.17, 15) is 9.59 Å². The van der Waals surface area contributed by atoms with Crippen molar-refractivity contribution in [2.75, 3.05) is 13.7 Å². The summed E-state index contributed by atoms with van der Waals surface area (Å²) >= 11 is 6.12. The van der Waals surface area contributed by atoms with Crippen LogP contribution in [0.25, 0.3) is 10.9 Å². The number of fused-ring (bicyclic) bond motifs is 3. The molecule has 2 atom stereocenters. The molecule has 0 unspecified atom stereocenters. The molecular weight excluding hydrogens is 304 g/mol. The molecule has 0 amide bonds. The topological polar surface area (TPSA) is 60.3 Å². The Morgan fingerprint density at radius 3 is 3.05 bits per heavy atom. The van der Waals surface area contributed by atoms with Gasteiger partial charge in [-0.3, -0.25) is 14.2 Å². The van der Waals surface area contributed by atoms with Crippen molar-refractivity contribution >= 4 is 34.4 Å². The lowest BCUT2D eigenvalue weighted by molar-refractivity contribution is -0.147.